The van der Waals surface area contributed by atoms with Gasteiger partial charge in [0.05, 0.1) is 26.4 Å². The van der Waals surface area contributed by atoms with Gasteiger partial charge in [-0.1, -0.05) is 36.8 Å². The number of hydrogen-bond donors (Lipinski definition) is 26. The highest BCUT2D eigenvalue weighted by Gasteiger charge is 2.65. The average Bonchev–Trinajstić information content (AvgIpc) is 0.738. The van der Waals surface area contributed by atoms with Crippen LogP contribution in [0.4, 0.5) is 0 Å². The Morgan fingerprint density at radius 2 is 0.541 bits per heavy atom. The number of aliphatic hydroxyl groups is 9. The van der Waals surface area contributed by atoms with Crippen LogP contribution in [-0.4, -0.2) is 496 Å². The molecular formula is C67H101N5O68S8. The molecule has 8 aliphatic heterocycles. The fraction of sp³-hybridized carbons (Fsp3) is 0.791. The lowest BCUT2D eigenvalue weighted by Gasteiger charge is -2.51. The Balaban J connectivity index is 1.01. The number of aryl methyl sites for hydroxylation is 1. The molecule has 1 aromatic carbocycles. The predicted molar refractivity (Wildman–Crippen MR) is 446 cm³/mol. The lowest BCUT2D eigenvalue weighted by molar-refractivity contribution is -0.378. The molecule has 9 rings (SSSR count). The summed E-state index contributed by atoms with van der Waals surface area (Å²) in [6.07, 6.45) is -99.1. The van der Waals surface area contributed by atoms with Gasteiger partial charge in [0.15, 0.2) is 93.0 Å². The first kappa shape index (κ1) is 124. The summed E-state index contributed by atoms with van der Waals surface area (Å²) >= 11 is 0. The number of carboxylic acid groups (broad SMARTS) is 4. The summed E-state index contributed by atoms with van der Waals surface area (Å²) in [6, 6.07) is -3.43. The molecule has 81 heteroatoms. The van der Waals surface area contributed by atoms with Gasteiger partial charge in [0.2, 0.25) is 23.6 Å². The number of ether oxygens (including phenoxy) is 16. The largest absolute Gasteiger partial charge is 0.479 e. The molecule has 0 saturated carbocycles. The third kappa shape index (κ3) is 35.2. The molecule has 1 aromatic rings. The molecule has 26 N–H and O–H groups in total. The number of hydrogen-bond acceptors (Lipinski definition) is 56. The molecule has 148 heavy (non-hydrogen) atoms. The van der Waals surface area contributed by atoms with Crippen molar-refractivity contribution in [1.82, 2.24) is 26.0 Å². The van der Waals surface area contributed by atoms with Crippen LogP contribution in [0.15, 0.2) is 30.3 Å². The molecule has 0 spiro atoms. The summed E-state index contributed by atoms with van der Waals surface area (Å²) in [7, 11) is -47.6. The van der Waals surface area contributed by atoms with Crippen LogP contribution in [0.3, 0.4) is 0 Å². The first-order valence-corrected chi connectivity index (χ1v) is 53.0. The highest BCUT2D eigenvalue weighted by atomic mass is 32.3. The van der Waals surface area contributed by atoms with Crippen LogP contribution in [0.5, 0.6) is 0 Å². The molecule has 0 unspecified atom stereocenters. The molecule has 8 saturated heterocycles. The molecule has 0 aliphatic carbocycles. The maximum absolute atomic E-state index is 13.6. The lowest BCUT2D eigenvalue weighted by atomic mass is 9.93. The molecule has 8 aliphatic rings. The second-order valence-corrected chi connectivity index (χ2v) is 41.5. The summed E-state index contributed by atoms with van der Waals surface area (Å²) in [5, 5.41) is 157. The summed E-state index contributed by atoms with van der Waals surface area (Å²) in [6.45, 7) is -4.59. The van der Waals surface area contributed by atoms with Crippen molar-refractivity contribution in [1.29, 1.82) is 0 Å². The molecule has 8 heterocycles. The van der Waals surface area contributed by atoms with E-state index in [-0.39, 0.29) is 13.0 Å². The van der Waals surface area contributed by atoms with Gasteiger partial charge in [-0.2, -0.15) is 72.1 Å². The van der Waals surface area contributed by atoms with Crippen molar-refractivity contribution in [3.63, 3.8) is 0 Å². The number of rotatable bonds is 49. The molecule has 0 aromatic heterocycles. The van der Waals surface area contributed by atoms with Gasteiger partial charge in [0.25, 0.3) is 0 Å². The van der Waals surface area contributed by atoms with Crippen LogP contribution in [0.1, 0.15) is 52.5 Å². The van der Waals surface area contributed by atoms with Gasteiger partial charge in [-0.3, -0.25) is 55.6 Å². The summed E-state index contributed by atoms with van der Waals surface area (Å²) in [4.78, 5) is 105. The van der Waals surface area contributed by atoms with Crippen molar-refractivity contribution in [2.45, 2.75) is 299 Å². The number of aliphatic hydroxyl groups excluding tert-OH is 9. The molecule has 8 fully saturated rings. The van der Waals surface area contributed by atoms with Crippen molar-refractivity contribution in [2.75, 3.05) is 33.0 Å². The van der Waals surface area contributed by atoms with E-state index >= 15 is 0 Å². The number of unbranched alkanes of at least 4 members (excludes halogenated alkanes) is 2. The molecule has 73 nitrogen and oxygen atoms in total. The maximum Gasteiger partial charge on any atom is 0.397 e. The van der Waals surface area contributed by atoms with E-state index in [1.54, 1.807) is 18.2 Å². The normalized spacial score (nSPS) is 37.5. The molecule has 850 valence electrons. The van der Waals surface area contributed by atoms with E-state index in [1.807, 2.05) is 28.1 Å². The van der Waals surface area contributed by atoms with Crippen LogP contribution in [-0.2, 0) is 233 Å². The highest BCUT2D eigenvalue weighted by molar-refractivity contribution is 7.84. The van der Waals surface area contributed by atoms with Crippen molar-refractivity contribution >= 4 is 131 Å². The number of carboxylic acids is 4. The number of benzene rings is 1. The second kappa shape index (κ2) is 51.1. The lowest BCUT2D eigenvalue weighted by Crippen LogP contribution is -2.72. The van der Waals surface area contributed by atoms with Crippen LogP contribution >= 0.6 is 0 Å². The fourth-order valence-corrected chi connectivity index (χ4v) is 19.4. The van der Waals surface area contributed by atoms with E-state index in [2.05, 4.69) is 34.6 Å². The minimum Gasteiger partial charge on any atom is -0.479 e. The minimum absolute atomic E-state index is 0.231. The fourth-order valence-electron chi connectivity index (χ4n) is 16.1. The molecule has 0 bridgehead atoms. The Morgan fingerprint density at radius 1 is 0.284 bits per heavy atom. The third-order valence-electron chi connectivity index (χ3n) is 22.1. The van der Waals surface area contributed by atoms with E-state index in [0.29, 0.717) is 40.0 Å². The Morgan fingerprint density at radius 3 is 0.831 bits per heavy atom. The summed E-state index contributed by atoms with van der Waals surface area (Å²) in [5.41, 5.74) is 0.972. The Kier molecular flexibility index (Phi) is 43.0. The van der Waals surface area contributed by atoms with E-state index < -0.39 is 402 Å². The highest BCUT2D eigenvalue weighted by Crippen LogP contribution is 2.42. The molecule has 40 atom stereocenters. The molecule has 0 radical (unpaired) electrons. The van der Waals surface area contributed by atoms with Crippen LogP contribution < -0.4 is 26.0 Å². The first-order valence-electron chi connectivity index (χ1n) is 42.0. The van der Waals surface area contributed by atoms with Crippen molar-refractivity contribution in [2.24, 2.45) is 0 Å². The topological polar surface area (TPSA) is 1110 Å². The molecular weight excluding hydrogens is 2220 g/mol. The quantitative estimate of drug-likeness (QED) is 0.0213. The summed E-state index contributed by atoms with van der Waals surface area (Å²) < 4.78 is 401. The van der Waals surface area contributed by atoms with E-state index in [9.17, 15) is 209 Å². The summed E-state index contributed by atoms with van der Waals surface area (Å²) in [5.74, 6) is -14.7. The number of aliphatic carboxylic acids is 4. The number of carbonyl (C=O) groups is 8. The number of carbonyl (C=O) groups excluding carboxylic acids is 4. The van der Waals surface area contributed by atoms with Gasteiger partial charge >= 0.3 is 107 Å². The van der Waals surface area contributed by atoms with Gasteiger partial charge in [0.1, 0.15) is 152 Å². The SMILES string of the molecule is CC(=O)N[C@H]1[C@H](OCCCCCc2ccccc2)O[C@H](COS(=O)(=O)O)[C@@H](O[C@@H]2O[C@@H](C(=O)O)[C@@H](O[C@H]3O[C@H](COS(=O)(=O)O)[C@@H](O[C@@H]4O[C@@H](C(=O)O)[C@@H](O[C@H]5O[C@H](COS(=O)(=O)O)[C@@H](O[C@@H]6O[C@@H](C(=O)O)[C@@H](O[C@H]7O[C@H](COS(=O)(=O)O)[C@@H](O[C@@H]8O[C@@H](C(=O)O)[C@@H](O)[C@H](O)[C@H]8OS(=O)(=O)O)[C@H](O)[C@H]7NC(C)=O)[C@H](O)[C@H]6OS(=O)(=O)O)[C@H](O)[C@H]5NC(C)=O)[C@H](O)[C@H]4OS(=O)(=O)O)[C@H](O)[C@H]3NC(C)=O)[C@H](O)[C@H]2NS(=O)(=O)O)[C@@H]1O. The van der Waals surface area contributed by atoms with Crippen molar-refractivity contribution < 1.29 is 314 Å². The Hall–Kier alpha value is -7.06. The number of nitrogens with one attached hydrogen (secondary N) is 5. The van der Waals surface area contributed by atoms with Crippen molar-refractivity contribution in [3.05, 3.63) is 35.9 Å². The van der Waals surface area contributed by atoms with Gasteiger partial charge in [-0.25, -0.2) is 48.5 Å². The zero-order valence-electron chi connectivity index (χ0n) is 75.2. The van der Waals surface area contributed by atoms with Gasteiger partial charge in [0, 0.05) is 34.3 Å². The van der Waals surface area contributed by atoms with Gasteiger partial charge in [-0.15, -0.1) is 0 Å². The van der Waals surface area contributed by atoms with Gasteiger partial charge < -0.3 is 163 Å². The van der Waals surface area contributed by atoms with Gasteiger partial charge in [-0.05, 0) is 24.8 Å². The second-order valence-electron chi connectivity index (χ2n) is 32.9. The molecule has 4 amide bonds. The third-order valence-corrected chi connectivity index (χ3v) is 25.8. The average molecular weight is 2320 g/mol. The zero-order valence-corrected chi connectivity index (χ0v) is 81.7. The van der Waals surface area contributed by atoms with E-state index in [4.69, 9.17) is 75.8 Å². The van der Waals surface area contributed by atoms with Crippen molar-refractivity contribution in [3.8, 4) is 0 Å². The standard InChI is InChI=1S/C67H101N5O68S8/c1-19(73)68-28-33(77)42(24(15-119-142(97,98)99)123-60(28)118-14-10-6-9-13-23-11-7-5-8-12-23)127-64-32(72-141(94,95)96)37(81)46(53(135-64)57(88)89)131-61-29(69-20(2)74)34(78)44(26(124-61)17-121-144(103,104)105)129-66-51(139-147(112,113)114)41(85)48(55(136-66)59(92)93)133-63-31(71-22(4)76)36(80)45(27(126-63)18-122-145(106,107)108)130-67-52(140-148(115,116)117)40(84)47(54(137-67)58(90)91)132-62-30(70-21(3)75)35(79)43(25(125-62)16-120-143(100,101)102)128-65-50(138-146(109,110)111)39(83)38(82)49(134-65)56(86)87/h5,7-8,11-12,24-55,60-67,72,77-85H,6,9-10,13-18H2,1-4H3,(H,68,73)(H,69,74)(H,70,75)(H,71,76)(H,86,87)(H,88,89)(H,90,91)(H,92,93)(H,94,95,96)(H,97,98,99)(H,100,101,102)(H,103,104,105)(H,106,107,108)(H,109,110,111)(H,112,113,114)(H,115,116,117)/t24-,25-,26-,27-,28-,29-,30-,31-,32-,33-,34-,35-,36-,37-,38+,39+,40+,41+,42-,43-,44-,45-,46+,47+,48+,49-,50-,51-,52-,53-,54-,55-,60-,61-,62-,63-,64-,65-,66-,67-/m1/s1. The predicted octanol–water partition coefficient (Wildman–Crippen LogP) is -15.9. The number of amides is 4. The minimum atomic E-state index is -6.34. The maximum atomic E-state index is 13.6. The zero-order chi connectivity index (χ0) is 111. The van der Waals surface area contributed by atoms with Crippen LogP contribution in [0, 0.1) is 0 Å². The van der Waals surface area contributed by atoms with E-state index in [1.165, 1.54) is 4.72 Å². The van der Waals surface area contributed by atoms with E-state index in [0.717, 1.165) is 12.5 Å². The Bertz CT molecular complexity index is 5730. The van der Waals surface area contributed by atoms with Crippen LogP contribution in [0.25, 0.3) is 0 Å². The Labute approximate surface area is 833 Å². The first-order chi connectivity index (χ1) is 68.2. The van der Waals surface area contributed by atoms with Crippen LogP contribution in [0.2, 0.25) is 0 Å². The smallest absolute Gasteiger partial charge is 0.397 e. The monoisotopic (exact) mass is 2320 g/mol.